The molecule has 4 rings (SSSR count). The van der Waals surface area contributed by atoms with Crippen LogP contribution >= 0.6 is 15.9 Å². The second-order valence-corrected chi connectivity index (χ2v) is 10.3. The molecule has 0 saturated carbocycles. The molecule has 1 aliphatic heterocycles. The molecule has 1 aromatic heterocycles. The summed E-state index contributed by atoms with van der Waals surface area (Å²) >= 11 is 3.28. The molecule has 1 saturated heterocycles. The predicted octanol–water partition coefficient (Wildman–Crippen LogP) is 5.18. The minimum Gasteiger partial charge on any atom is -0.491 e. The van der Waals surface area contributed by atoms with Gasteiger partial charge in [0.25, 0.3) is 0 Å². The Hall–Kier alpha value is -3.99. The van der Waals surface area contributed by atoms with Crippen LogP contribution in [-0.2, 0) is 9.59 Å². The number of hydrogen-bond acceptors (Lipinski definition) is 7. The van der Waals surface area contributed by atoms with E-state index in [-0.39, 0.29) is 17.5 Å². The molecule has 0 aliphatic carbocycles. The van der Waals surface area contributed by atoms with E-state index in [0.717, 1.165) is 18.5 Å². The van der Waals surface area contributed by atoms with Crippen molar-refractivity contribution in [1.82, 2.24) is 20.2 Å². The molecule has 2 heterocycles. The third kappa shape index (κ3) is 7.56. The summed E-state index contributed by atoms with van der Waals surface area (Å²) in [5.74, 6) is 0.710. The fourth-order valence-corrected chi connectivity index (χ4v) is 4.74. The summed E-state index contributed by atoms with van der Waals surface area (Å²) in [7, 11) is 0. The molecule has 210 valence electrons. The maximum atomic E-state index is 14.5. The molecule has 1 fully saturated rings. The van der Waals surface area contributed by atoms with Gasteiger partial charge in [0.05, 0.1) is 23.5 Å². The molecule has 2 aromatic carbocycles. The van der Waals surface area contributed by atoms with E-state index in [2.05, 4.69) is 55.0 Å². The number of nitrogens with one attached hydrogen (secondary N) is 3. The molecular formula is C29H32BrFN6O3. The number of fused-ring (bicyclic) bond motifs is 1. The molecule has 0 radical (unpaired) electrons. The summed E-state index contributed by atoms with van der Waals surface area (Å²) in [5.41, 5.74) is 1.66. The van der Waals surface area contributed by atoms with Crippen LogP contribution in [0.5, 0.6) is 5.75 Å². The molecule has 2 amide bonds. The van der Waals surface area contributed by atoms with Crippen molar-refractivity contribution in [3.8, 4) is 5.75 Å². The SMILES string of the molecule is C=CC(=O)NCCCNc1cc2c(Nc3ccc(Br)cc3F)ncnc2cc1OCC1CCN(C(=O)C=C)CC1. The number of amides is 2. The highest BCUT2D eigenvalue weighted by atomic mass is 79.9. The molecule has 9 nitrogen and oxygen atoms in total. The van der Waals surface area contributed by atoms with Crippen LogP contribution < -0.4 is 20.7 Å². The quantitative estimate of drug-likeness (QED) is 0.191. The van der Waals surface area contributed by atoms with Crippen LogP contribution in [0.4, 0.5) is 21.6 Å². The first-order valence-electron chi connectivity index (χ1n) is 13.1. The lowest BCUT2D eigenvalue weighted by atomic mass is 9.98. The summed E-state index contributed by atoms with van der Waals surface area (Å²) in [6.07, 6.45) is 6.37. The minimum atomic E-state index is -0.415. The standard InChI is InChI=1S/C29H32BrFN6O3/c1-3-27(38)33-11-5-10-32-25-15-21-24(34-18-35-29(21)36-23-7-6-20(30)14-22(23)31)16-26(25)40-17-19-8-12-37(13-9-19)28(39)4-2/h3-4,6-7,14-16,18-19,32H,1-2,5,8-13,17H2,(H,33,38)(H,34,35,36). The van der Waals surface area contributed by atoms with Crippen LogP contribution in [0.15, 0.2) is 66.4 Å². The van der Waals surface area contributed by atoms with E-state index >= 15 is 0 Å². The van der Waals surface area contributed by atoms with Crippen molar-refractivity contribution in [3.05, 3.63) is 72.3 Å². The largest absolute Gasteiger partial charge is 0.491 e. The smallest absolute Gasteiger partial charge is 0.245 e. The summed E-state index contributed by atoms with van der Waals surface area (Å²) in [4.78, 5) is 33.9. The highest BCUT2D eigenvalue weighted by Gasteiger charge is 2.22. The zero-order valence-corrected chi connectivity index (χ0v) is 23.7. The van der Waals surface area contributed by atoms with Gasteiger partial charge in [-0.2, -0.15) is 0 Å². The Labute approximate surface area is 241 Å². The van der Waals surface area contributed by atoms with Gasteiger partial charge in [-0.15, -0.1) is 0 Å². The summed E-state index contributed by atoms with van der Waals surface area (Å²) in [6, 6.07) is 8.50. The molecule has 0 unspecified atom stereocenters. The van der Waals surface area contributed by atoms with Gasteiger partial charge in [0.15, 0.2) is 0 Å². The maximum absolute atomic E-state index is 14.5. The Morgan fingerprint density at radius 2 is 1.90 bits per heavy atom. The van der Waals surface area contributed by atoms with Gasteiger partial charge in [0, 0.05) is 42.1 Å². The third-order valence-electron chi connectivity index (χ3n) is 6.65. The molecule has 11 heteroatoms. The highest BCUT2D eigenvalue weighted by molar-refractivity contribution is 9.10. The molecular weight excluding hydrogens is 579 g/mol. The van der Waals surface area contributed by atoms with E-state index in [1.54, 1.807) is 17.0 Å². The number of benzene rings is 2. The zero-order valence-electron chi connectivity index (χ0n) is 22.1. The first kappa shape index (κ1) is 29.0. The van der Waals surface area contributed by atoms with E-state index in [1.807, 2.05) is 12.1 Å². The second-order valence-electron chi connectivity index (χ2n) is 9.40. The Morgan fingerprint density at radius 1 is 1.10 bits per heavy atom. The van der Waals surface area contributed by atoms with Crippen molar-refractivity contribution in [2.45, 2.75) is 19.3 Å². The van der Waals surface area contributed by atoms with Gasteiger partial charge in [0.2, 0.25) is 11.8 Å². The summed E-state index contributed by atoms with van der Waals surface area (Å²) in [6.45, 7) is 9.92. The van der Waals surface area contributed by atoms with Gasteiger partial charge in [-0.3, -0.25) is 9.59 Å². The second kappa shape index (κ2) is 13.9. The number of carbonyl (C=O) groups is 2. The van der Waals surface area contributed by atoms with Crippen LogP contribution in [0.25, 0.3) is 10.9 Å². The Morgan fingerprint density at radius 3 is 2.62 bits per heavy atom. The van der Waals surface area contributed by atoms with Crippen LogP contribution in [0, 0.1) is 11.7 Å². The molecule has 0 bridgehead atoms. The van der Waals surface area contributed by atoms with E-state index in [9.17, 15) is 14.0 Å². The molecule has 0 atom stereocenters. The van der Waals surface area contributed by atoms with E-state index in [0.29, 0.717) is 72.1 Å². The Kier molecular flexibility index (Phi) is 10.1. The first-order chi connectivity index (χ1) is 19.4. The summed E-state index contributed by atoms with van der Waals surface area (Å²) < 4.78 is 21.5. The van der Waals surface area contributed by atoms with Gasteiger partial charge in [-0.1, -0.05) is 29.1 Å². The number of ether oxygens (including phenoxy) is 1. The zero-order chi connectivity index (χ0) is 28.5. The lowest BCUT2D eigenvalue weighted by Gasteiger charge is -2.31. The van der Waals surface area contributed by atoms with Crippen LogP contribution in [0.2, 0.25) is 0 Å². The van der Waals surface area contributed by atoms with Crippen molar-refractivity contribution in [3.63, 3.8) is 0 Å². The number of likely N-dealkylation sites (tertiary alicyclic amines) is 1. The first-order valence-corrected chi connectivity index (χ1v) is 13.9. The van der Waals surface area contributed by atoms with Crippen LogP contribution in [0.1, 0.15) is 19.3 Å². The third-order valence-corrected chi connectivity index (χ3v) is 7.14. The van der Waals surface area contributed by atoms with E-state index in [1.165, 1.54) is 24.5 Å². The molecule has 3 N–H and O–H groups in total. The summed E-state index contributed by atoms with van der Waals surface area (Å²) in [5, 5.41) is 9.92. The number of rotatable bonds is 12. The van der Waals surface area contributed by atoms with Gasteiger partial charge >= 0.3 is 0 Å². The van der Waals surface area contributed by atoms with Gasteiger partial charge in [0.1, 0.15) is 23.7 Å². The van der Waals surface area contributed by atoms with E-state index in [4.69, 9.17) is 4.74 Å². The number of hydrogen-bond donors (Lipinski definition) is 3. The average Bonchev–Trinajstić information content (AvgIpc) is 2.97. The molecule has 1 aliphatic rings. The van der Waals surface area contributed by atoms with Gasteiger partial charge < -0.3 is 25.6 Å². The lowest BCUT2D eigenvalue weighted by molar-refractivity contribution is -0.127. The fraction of sp³-hybridized carbons (Fsp3) is 0.310. The van der Waals surface area contributed by atoms with Crippen molar-refractivity contribution < 1.29 is 18.7 Å². The van der Waals surface area contributed by atoms with Gasteiger partial charge in [-0.05, 0) is 61.6 Å². The number of nitrogens with zero attached hydrogens (tertiary/aromatic N) is 3. The molecule has 3 aromatic rings. The maximum Gasteiger partial charge on any atom is 0.245 e. The number of aromatic nitrogens is 2. The normalized spacial score (nSPS) is 13.5. The van der Waals surface area contributed by atoms with Crippen LogP contribution in [0.3, 0.4) is 0 Å². The highest BCUT2D eigenvalue weighted by Crippen LogP contribution is 2.34. The molecule has 40 heavy (non-hydrogen) atoms. The van der Waals surface area contributed by atoms with E-state index < -0.39 is 5.82 Å². The van der Waals surface area contributed by atoms with Crippen molar-refractivity contribution in [2.75, 3.05) is 43.4 Å². The Balaban J connectivity index is 1.53. The topological polar surface area (TPSA) is 108 Å². The predicted molar refractivity (Wildman–Crippen MR) is 158 cm³/mol. The number of piperidine rings is 1. The van der Waals surface area contributed by atoms with Crippen LogP contribution in [-0.4, -0.2) is 59.5 Å². The minimum absolute atomic E-state index is 0.0446. The average molecular weight is 612 g/mol. The number of halogens is 2. The van der Waals surface area contributed by atoms with Gasteiger partial charge in [-0.25, -0.2) is 14.4 Å². The Bertz CT molecular complexity index is 1390. The van der Waals surface area contributed by atoms with Crippen molar-refractivity contribution in [1.29, 1.82) is 0 Å². The lowest BCUT2D eigenvalue weighted by Crippen LogP contribution is -2.38. The molecule has 0 spiro atoms. The monoisotopic (exact) mass is 610 g/mol. The fourth-order valence-electron chi connectivity index (χ4n) is 4.41. The van der Waals surface area contributed by atoms with Crippen molar-refractivity contribution >= 4 is 55.8 Å². The van der Waals surface area contributed by atoms with Crippen molar-refractivity contribution in [2.24, 2.45) is 5.92 Å². The number of anilines is 3. The number of carbonyl (C=O) groups excluding carboxylic acids is 2.